The van der Waals surface area contributed by atoms with Gasteiger partial charge < -0.3 is 5.73 Å². The number of hydrogen-bond donors (Lipinski definition) is 1. The van der Waals surface area contributed by atoms with Gasteiger partial charge in [0.05, 0.1) is 5.56 Å². The molecule has 1 heterocycles. The third-order valence-corrected chi connectivity index (χ3v) is 0.946. The molecule has 0 aliphatic carbocycles. The first-order chi connectivity index (χ1) is 4.30. The van der Waals surface area contributed by atoms with Gasteiger partial charge in [-0.1, -0.05) is 0 Å². The molecule has 0 saturated carbocycles. The van der Waals surface area contributed by atoms with Gasteiger partial charge in [-0.3, -0.25) is 9.78 Å². The van der Waals surface area contributed by atoms with Gasteiger partial charge in [-0.15, -0.1) is 0 Å². The van der Waals surface area contributed by atoms with Gasteiger partial charge in [-0.2, -0.15) is 0 Å². The van der Waals surface area contributed by atoms with Crippen molar-refractivity contribution >= 4 is 43.6 Å². The van der Waals surface area contributed by atoms with Crippen molar-refractivity contribution < 1.29 is 4.79 Å². The largest absolute Gasteiger partial charge is 0.366 e. The molecule has 0 aliphatic heterocycles. The van der Waals surface area contributed by atoms with Gasteiger partial charge in [0.15, 0.2) is 0 Å². The normalized spacial score (nSPS) is 8.00. The number of nitrogens with zero attached hydrogens (tertiary/aromatic N) is 1. The molecule has 2 radical (unpaired) electrons. The second-order valence-electron chi connectivity index (χ2n) is 1.61. The van der Waals surface area contributed by atoms with Crippen molar-refractivity contribution in [2.24, 2.45) is 5.73 Å². The Balaban J connectivity index is 0.000000810. The van der Waals surface area contributed by atoms with Gasteiger partial charge in [-0.25, -0.2) is 0 Å². The molecule has 0 bridgehead atoms. The number of hydrogen-bond acceptors (Lipinski definition) is 2. The maximum atomic E-state index is 10.4. The van der Waals surface area contributed by atoms with E-state index in [-0.39, 0.29) is 37.7 Å². The van der Waals surface area contributed by atoms with Crippen molar-refractivity contribution in [1.29, 1.82) is 0 Å². The van der Waals surface area contributed by atoms with Crippen molar-refractivity contribution in [2.45, 2.75) is 0 Å². The Hall–Kier alpha value is -0.120. The minimum Gasteiger partial charge on any atom is -0.366 e. The summed E-state index contributed by atoms with van der Waals surface area (Å²) in [6.07, 6.45) is 3.02. The zero-order chi connectivity index (χ0) is 6.69. The van der Waals surface area contributed by atoms with E-state index in [1.165, 1.54) is 6.20 Å². The van der Waals surface area contributed by atoms with Crippen molar-refractivity contribution in [3.05, 3.63) is 30.1 Å². The molecule has 1 amide bonds. The predicted molar refractivity (Wildman–Crippen MR) is 38.5 cm³/mol. The summed E-state index contributed by atoms with van der Waals surface area (Å²) in [4.78, 5) is 14.1. The average Bonchev–Trinajstić information content (AvgIpc) is 1.90. The van der Waals surface area contributed by atoms with Crippen LogP contribution in [0.15, 0.2) is 24.5 Å². The summed E-state index contributed by atoms with van der Waals surface area (Å²) < 4.78 is 0. The van der Waals surface area contributed by atoms with Crippen LogP contribution >= 0.6 is 0 Å². The molecule has 4 heteroatoms. The van der Waals surface area contributed by atoms with Crippen LogP contribution in [0, 0.1) is 0 Å². The van der Waals surface area contributed by atoms with E-state index in [4.69, 9.17) is 5.73 Å². The summed E-state index contributed by atoms with van der Waals surface area (Å²) in [6.45, 7) is 0. The molecule has 0 aromatic carbocycles. The molecule has 1 rings (SSSR count). The molecular weight excluding hydrogens is 156 g/mol. The van der Waals surface area contributed by atoms with Gasteiger partial charge in [0.1, 0.15) is 0 Å². The number of nitrogens with two attached hydrogens (primary N) is 1. The standard InChI is InChI=1S/C6H6N2O.Ca/c7-6(9)5-2-1-3-8-4-5;/h1-4H,(H2,7,9);. The molecule has 2 N–H and O–H groups in total. The Morgan fingerprint density at radius 3 is 2.60 bits per heavy atom. The average molecular weight is 162 g/mol. The first kappa shape index (κ1) is 9.88. The van der Waals surface area contributed by atoms with Crippen LogP contribution in [0.3, 0.4) is 0 Å². The third-order valence-electron chi connectivity index (χ3n) is 0.946. The monoisotopic (exact) mass is 162 g/mol. The van der Waals surface area contributed by atoms with Crippen molar-refractivity contribution in [1.82, 2.24) is 4.98 Å². The fraction of sp³-hybridized carbons (Fsp3) is 0. The maximum absolute atomic E-state index is 10.4. The van der Waals surface area contributed by atoms with E-state index >= 15 is 0 Å². The van der Waals surface area contributed by atoms with Crippen LogP contribution in [-0.2, 0) is 0 Å². The molecule has 0 atom stereocenters. The van der Waals surface area contributed by atoms with Crippen LogP contribution in [0.25, 0.3) is 0 Å². The first-order valence-electron chi connectivity index (χ1n) is 2.50. The van der Waals surface area contributed by atoms with Gasteiger partial charge >= 0.3 is 0 Å². The number of aromatic nitrogens is 1. The molecule has 48 valence electrons. The Bertz CT molecular complexity index is 212. The van der Waals surface area contributed by atoms with Crippen LogP contribution < -0.4 is 5.73 Å². The molecular formula is C6H6CaN2O. The second-order valence-corrected chi connectivity index (χ2v) is 1.61. The minimum absolute atomic E-state index is 0. The van der Waals surface area contributed by atoms with Crippen LogP contribution in [0.1, 0.15) is 10.4 Å². The van der Waals surface area contributed by atoms with E-state index in [0.717, 1.165) is 0 Å². The quantitative estimate of drug-likeness (QED) is 0.581. The third kappa shape index (κ3) is 2.64. The fourth-order valence-electron chi connectivity index (χ4n) is 0.509. The van der Waals surface area contributed by atoms with Crippen LogP contribution in [0.5, 0.6) is 0 Å². The van der Waals surface area contributed by atoms with E-state index in [2.05, 4.69) is 4.98 Å². The molecule has 0 aliphatic rings. The molecule has 10 heavy (non-hydrogen) atoms. The van der Waals surface area contributed by atoms with E-state index in [0.29, 0.717) is 5.56 Å². The Kier molecular flexibility index (Phi) is 4.60. The van der Waals surface area contributed by atoms with Crippen LogP contribution in [0.2, 0.25) is 0 Å². The molecule has 0 fully saturated rings. The Morgan fingerprint density at radius 1 is 1.60 bits per heavy atom. The Labute approximate surface area is 88.6 Å². The molecule has 0 unspecified atom stereocenters. The number of pyridine rings is 1. The number of carbonyl (C=O) groups excluding carboxylic acids is 1. The summed E-state index contributed by atoms with van der Waals surface area (Å²) in [5.74, 6) is -0.442. The van der Waals surface area contributed by atoms with Crippen LogP contribution in [-0.4, -0.2) is 48.6 Å². The number of carbonyl (C=O) groups is 1. The van der Waals surface area contributed by atoms with Crippen molar-refractivity contribution in [3.8, 4) is 0 Å². The summed E-state index contributed by atoms with van der Waals surface area (Å²) in [5.41, 5.74) is 5.38. The summed E-state index contributed by atoms with van der Waals surface area (Å²) >= 11 is 0. The number of amides is 1. The van der Waals surface area contributed by atoms with Crippen LogP contribution in [0.4, 0.5) is 0 Å². The van der Waals surface area contributed by atoms with Gasteiger partial charge in [0, 0.05) is 50.1 Å². The predicted octanol–water partition coefficient (Wildman–Crippen LogP) is -0.200. The second kappa shape index (κ2) is 4.66. The molecule has 3 nitrogen and oxygen atoms in total. The maximum Gasteiger partial charge on any atom is 0.250 e. The van der Waals surface area contributed by atoms with Gasteiger partial charge in [-0.05, 0) is 12.1 Å². The van der Waals surface area contributed by atoms with E-state index in [9.17, 15) is 4.79 Å². The summed E-state index contributed by atoms with van der Waals surface area (Å²) in [6, 6.07) is 3.29. The summed E-state index contributed by atoms with van der Waals surface area (Å²) in [5, 5.41) is 0. The number of rotatable bonds is 1. The smallest absolute Gasteiger partial charge is 0.250 e. The number of primary amides is 1. The minimum atomic E-state index is -0.442. The fourth-order valence-corrected chi connectivity index (χ4v) is 0.509. The zero-order valence-corrected chi connectivity index (χ0v) is 7.66. The summed E-state index contributed by atoms with van der Waals surface area (Å²) in [7, 11) is 0. The molecule has 0 spiro atoms. The molecule has 0 saturated heterocycles. The van der Waals surface area contributed by atoms with E-state index in [1.54, 1.807) is 18.3 Å². The topological polar surface area (TPSA) is 56.0 Å². The SMILES string of the molecule is NC(=O)c1cccnc1.[Ca]. The van der Waals surface area contributed by atoms with E-state index < -0.39 is 5.91 Å². The van der Waals surface area contributed by atoms with Gasteiger partial charge in [0.25, 0.3) is 0 Å². The zero-order valence-electron chi connectivity index (χ0n) is 5.45. The molecule has 1 aromatic heterocycles. The Morgan fingerprint density at radius 2 is 2.30 bits per heavy atom. The van der Waals surface area contributed by atoms with Crippen molar-refractivity contribution in [3.63, 3.8) is 0 Å². The first-order valence-corrected chi connectivity index (χ1v) is 2.50. The van der Waals surface area contributed by atoms with E-state index in [1.807, 2.05) is 0 Å². The van der Waals surface area contributed by atoms with Crippen molar-refractivity contribution in [2.75, 3.05) is 0 Å². The molecule has 1 aromatic rings. The van der Waals surface area contributed by atoms with Gasteiger partial charge in [0.2, 0.25) is 5.91 Å².